The Morgan fingerprint density at radius 1 is 1.18 bits per heavy atom. The SMILES string of the molecule is CC(C)c1cccc(Nc2cc(=O)cc[nH]2)c1. The predicted molar refractivity (Wildman–Crippen MR) is 70.9 cm³/mol. The molecule has 0 spiro atoms. The van der Waals surface area contributed by atoms with Gasteiger partial charge in [0.05, 0.1) is 0 Å². The summed E-state index contributed by atoms with van der Waals surface area (Å²) in [5.74, 6) is 1.20. The Morgan fingerprint density at radius 2 is 2.00 bits per heavy atom. The minimum absolute atomic E-state index is 0.00809. The molecule has 0 bridgehead atoms. The molecular weight excluding hydrogens is 212 g/mol. The number of nitrogens with one attached hydrogen (secondary N) is 2. The monoisotopic (exact) mass is 228 g/mol. The highest BCUT2D eigenvalue weighted by Gasteiger charge is 2.00. The van der Waals surface area contributed by atoms with Crippen molar-refractivity contribution in [1.29, 1.82) is 0 Å². The third-order valence-corrected chi connectivity index (χ3v) is 2.61. The molecule has 88 valence electrons. The van der Waals surface area contributed by atoms with Crippen LogP contribution in [0.4, 0.5) is 11.5 Å². The first kappa shape index (κ1) is 11.5. The number of rotatable bonds is 3. The zero-order chi connectivity index (χ0) is 12.3. The van der Waals surface area contributed by atoms with Gasteiger partial charge in [0.2, 0.25) is 0 Å². The molecule has 3 heteroatoms. The number of H-pyrrole nitrogens is 1. The van der Waals surface area contributed by atoms with Gasteiger partial charge in [-0.2, -0.15) is 0 Å². The summed E-state index contributed by atoms with van der Waals surface area (Å²) in [6.07, 6.45) is 1.64. The number of benzene rings is 1. The Labute approximate surface area is 101 Å². The second-order valence-corrected chi connectivity index (χ2v) is 4.34. The van der Waals surface area contributed by atoms with Gasteiger partial charge in [0.15, 0.2) is 5.43 Å². The lowest BCUT2D eigenvalue weighted by Crippen LogP contribution is -2.01. The number of aromatic amines is 1. The van der Waals surface area contributed by atoms with Gasteiger partial charge in [-0.05, 0) is 23.6 Å². The van der Waals surface area contributed by atoms with Crippen LogP contribution in [-0.4, -0.2) is 4.98 Å². The van der Waals surface area contributed by atoms with Gasteiger partial charge in [0.1, 0.15) is 5.82 Å². The molecule has 1 aromatic carbocycles. The molecule has 3 nitrogen and oxygen atoms in total. The van der Waals surface area contributed by atoms with Gasteiger partial charge in [-0.1, -0.05) is 26.0 Å². The smallest absolute Gasteiger partial charge is 0.183 e. The Bertz CT molecular complexity index is 558. The van der Waals surface area contributed by atoms with Crippen LogP contribution < -0.4 is 10.7 Å². The van der Waals surface area contributed by atoms with Gasteiger partial charge in [0, 0.05) is 24.0 Å². The first-order valence-electron chi connectivity index (χ1n) is 5.71. The van der Waals surface area contributed by atoms with Crippen molar-refractivity contribution in [3.8, 4) is 0 Å². The quantitative estimate of drug-likeness (QED) is 0.847. The molecule has 0 fully saturated rings. The Hall–Kier alpha value is -2.03. The van der Waals surface area contributed by atoms with Crippen molar-refractivity contribution in [3.63, 3.8) is 0 Å². The van der Waals surface area contributed by atoms with Crippen molar-refractivity contribution >= 4 is 11.5 Å². The highest BCUT2D eigenvalue weighted by Crippen LogP contribution is 2.20. The maximum absolute atomic E-state index is 11.2. The summed E-state index contributed by atoms with van der Waals surface area (Å²) in [4.78, 5) is 14.2. The van der Waals surface area contributed by atoms with Crippen LogP contribution in [-0.2, 0) is 0 Å². The Kier molecular flexibility index (Phi) is 3.28. The van der Waals surface area contributed by atoms with Crippen molar-refractivity contribution in [2.45, 2.75) is 19.8 Å². The third kappa shape index (κ3) is 2.97. The summed E-state index contributed by atoms with van der Waals surface area (Å²) < 4.78 is 0. The van der Waals surface area contributed by atoms with Gasteiger partial charge >= 0.3 is 0 Å². The average molecular weight is 228 g/mol. The van der Waals surface area contributed by atoms with Gasteiger partial charge in [-0.3, -0.25) is 4.79 Å². The molecule has 0 atom stereocenters. The van der Waals surface area contributed by atoms with E-state index >= 15 is 0 Å². The van der Waals surface area contributed by atoms with Crippen molar-refractivity contribution in [3.05, 3.63) is 58.4 Å². The summed E-state index contributed by atoms with van der Waals surface area (Å²) in [6.45, 7) is 4.31. The number of pyridine rings is 1. The fourth-order valence-corrected chi connectivity index (χ4v) is 1.65. The normalized spacial score (nSPS) is 10.5. The van der Waals surface area contributed by atoms with E-state index < -0.39 is 0 Å². The van der Waals surface area contributed by atoms with Crippen LogP contribution in [0.1, 0.15) is 25.3 Å². The lowest BCUT2D eigenvalue weighted by atomic mass is 10.0. The van der Waals surface area contributed by atoms with Crippen molar-refractivity contribution in [1.82, 2.24) is 4.98 Å². The van der Waals surface area contributed by atoms with E-state index in [1.54, 1.807) is 12.3 Å². The Morgan fingerprint density at radius 3 is 2.71 bits per heavy atom. The molecule has 2 N–H and O–H groups in total. The zero-order valence-corrected chi connectivity index (χ0v) is 10.0. The minimum Gasteiger partial charge on any atom is -0.348 e. The third-order valence-electron chi connectivity index (χ3n) is 2.61. The number of hydrogen-bond acceptors (Lipinski definition) is 2. The first-order valence-corrected chi connectivity index (χ1v) is 5.71. The van der Waals surface area contributed by atoms with E-state index in [0.717, 1.165) is 5.69 Å². The molecular formula is C14H16N2O. The van der Waals surface area contributed by atoms with Crippen molar-refractivity contribution in [2.75, 3.05) is 5.32 Å². The van der Waals surface area contributed by atoms with Crippen LogP contribution in [0, 0.1) is 0 Å². The lowest BCUT2D eigenvalue weighted by molar-refractivity contribution is 0.867. The molecule has 0 aliphatic heterocycles. The van der Waals surface area contributed by atoms with Crippen LogP contribution in [0.25, 0.3) is 0 Å². The second kappa shape index (κ2) is 4.87. The van der Waals surface area contributed by atoms with E-state index in [4.69, 9.17) is 0 Å². The molecule has 2 rings (SSSR count). The number of aromatic nitrogens is 1. The molecule has 0 saturated carbocycles. The number of anilines is 2. The van der Waals surface area contributed by atoms with Crippen LogP contribution >= 0.6 is 0 Å². The fraction of sp³-hybridized carbons (Fsp3) is 0.214. The molecule has 0 amide bonds. The predicted octanol–water partition coefficient (Wildman–Crippen LogP) is 3.24. The lowest BCUT2D eigenvalue weighted by Gasteiger charge is -2.10. The fourth-order valence-electron chi connectivity index (χ4n) is 1.65. The molecule has 0 aliphatic carbocycles. The van der Waals surface area contributed by atoms with Gasteiger partial charge in [0.25, 0.3) is 0 Å². The molecule has 0 unspecified atom stereocenters. The van der Waals surface area contributed by atoms with Gasteiger partial charge < -0.3 is 10.3 Å². The van der Waals surface area contributed by atoms with Gasteiger partial charge in [-0.15, -0.1) is 0 Å². The van der Waals surface area contributed by atoms with Crippen LogP contribution in [0.3, 0.4) is 0 Å². The summed E-state index contributed by atoms with van der Waals surface area (Å²) in [7, 11) is 0. The molecule has 2 aromatic rings. The highest BCUT2D eigenvalue weighted by molar-refractivity contribution is 5.56. The average Bonchev–Trinajstić information content (AvgIpc) is 2.29. The topological polar surface area (TPSA) is 44.9 Å². The second-order valence-electron chi connectivity index (χ2n) is 4.34. The first-order chi connectivity index (χ1) is 8.15. The number of hydrogen-bond donors (Lipinski definition) is 2. The van der Waals surface area contributed by atoms with E-state index in [0.29, 0.717) is 11.7 Å². The highest BCUT2D eigenvalue weighted by atomic mass is 16.1. The van der Waals surface area contributed by atoms with Crippen molar-refractivity contribution in [2.24, 2.45) is 0 Å². The summed E-state index contributed by atoms with van der Waals surface area (Å²) >= 11 is 0. The van der Waals surface area contributed by atoms with Gasteiger partial charge in [-0.25, -0.2) is 0 Å². The molecule has 0 aliphatic rings. The Balaban J connectivity index is 2.24. The molecule has 1 aromatic heterocycles. The van der Waals surface area contributed by atoms with Crippen LogP contribution in [0.2, 0.25) is 0 Å². The van der Waals surface area contributed by atoms with Crippen LogP contribution in [0.5, 0.6) is 0 Å². The maximum atomic E-state index is 11.2. The largest absolute Gasteiger partial charge is 0.348 e. The summed E-state index contributed by atoms with van der Waals surface area (Å²) in [5.41, 5.74) is 2.25. The van der Waals surface area contributed by atoms with Crippen LogP contribution in [0.15, 0.2) is 47.4 Å². The zero-order valence-electron chi connectivity index (χ0n) is 10.0. The van der Waals surface area contributed by atoms with E-state index in [1.807, 2.05) is 12.1 Å². The summed E-state index contributed by atoms with van der Waals surface area (Å²) in [6, 6.07) is 11.2. The summed E-state index contributed by atoms with van der Waals surface area (Å²) in [5, 5.41) is 3.18. The minimum atomic E-state index is -0.00809. The molecule has 17 heavy (non-hydrogen) atoms. The van der Waals surface area contributed by atoms with E-state index in [9.17, 15) is 4.79 Å². The molecule has 0 radical (unpaired) electrons. The maximum Gasteiger partial charge on any atom is 0.183 e. The molecule has 0 saturated heterocycles. The van der Waals surface area contributed by atoms with Crippen molar-refractivity contribution < 1.29 is 0 Å². The van der Waals surface area contributed by atoms with E-state index in [-0.39, 0.29) is 5.43 Å². The van der Waals surface area contributed by atoms with E-state index in [1.165, 1.54) is 11.6 Å². The standard InChI is InChI=1S/C14H16N2O/c1-10(2)11-4-3-5-12(8-11)16-14-9-13(17)6-7-15-14/h3-10H,1-2H3,(H2,15,16,17). The molecule has 1 heterocycles. The van der Waals surface area contributed by atoms with E-state index in [2.05, 4.69) is 36.3 Å².